The maximum absolute atomic E-state index is 6.28. The van der Waals surface area contributed by atoms with Gasteiger partial charge in [-0.1, -0.05) is 17.7 Å². The van der Waals surface area contributed by atoms with Crippen molar-refractivity contribution in [2.45, 2.75) is 13.5 Å². The summed E-state index contributed by atoms with van der Waals surface area (Å²) in [6.45, 7) is 2.75. The lowest BCUT2D eigenvalue weighted by molar-refractivity contribution is 0.762. The molecule has 0 aliphatic carbocycles. The van der Waals surface area contributed by atoms with Crippen molar-refractivity contribution in [3.63, 3.8) is 0 Å². The molecule has 0 unspecified atom stereocenters. The number of hydrogen-bond acceptors (Lipinski definition) is 2. The van der Waals surface area contributed by atoms with Crippen LogP contribution in [0.1, 0.15) is 11.4 Å². The first-order chi connectivity index (χ1) is 8.08. The summed E-state index contributed by atoms with van der Waals surface area (Å²) in [5.41, 5.74) is 2.22. The molecule has 0 atom stereocenters. The maximum atomic E-state index is 6.28. The summed E-state index contributed by atoms with van der Waals surface area (Å²) in [6, 6.07) is 6.13. The van der Waals surface area contributed by atoms with Crippen molar-refractivity contribution in [1.82, 2.24) is 9.55 Å². The van der Waals surface area contributed by atoms with E-state index in [-0.39, 0.29) is 0 Å². The molecule has 2 rings (SSSR count). The van der Waals surface area contributed by atoms with E-state index < -0.39 is 0 Å². The molecule has 0 saturated heterocycles. The van der Waals surface area contributed by atoms with Crippen LogP contribution in [0.4, 0.5) is 5.69 Å². The molecule has 3 nitrogen and oxygen atoms in total. The molecule has 0 N–H and O–H groups in total. The molecule has 17 heavy (non-hydrogen) atoms. The van der Waals surface area contributed by atoms with E-state index in [0.29, 0.717) is 0 Å². The first-order valence-electron chi connectivity index (χ1n) is 5.51. The Kier molecular flexibility index (Phi) is 3.38. The van der Waals surface area contributed by atoms with Gasteiger partial charge in [-0.2, -0.15) is 0 Å². The quantitative estimate of drug-likeness (QED) is 0.834. The summed E-state index contributed by atoms with van der Waals surface area (Å²) in [6.07, 6.45) is 3.77. The van der Waals surface area contributed by atoms with E-state index in [9.17, 15) is 0 Å². The molecule has 2 aromatic rings. The molecular weight excluding hydrogens is 234 g/mol. The Morgan fingerprint density at radius 2 is 2.12 bits per heavy atom. The van der Waals surface area contributed by atoms with E-state index in [4.69, 9.17) is 11.6 Å². The zero-order valence-corrected chi connectivity index (χ0v) is 11.1. The van der Waals surface area contributed by atoms with Gasteiger partial charge in [-0.25, -0.2) is 4.98 Å². The molecule has 0 aliphatic rings. The molecule has 0 amide bonds. The Morgan fingerprint density at radius 3 is 2.65 bits per heavy atom. The van der Waals surface area contributed by atoms with E-state index in [1.165, 1.54) is 0 Å². The number of imidazole rings is 1. The minimum Gasteiger partial charge on any atom is -0.378 e. The summed E-state index contributed by atoms with van der Waals surface area (Å²) in [5, 5.41) is 0.796. The second kappa shape index (κ2) is 4.80. The van der Waals surface area contributed by atoms with Crippen LogP contribution in [0.25, 0.3) is 0 Å². The third-order valence-electron chi connectivity index (χ3n) is 2.82. The van der Waals surface area contributed by atoms with Crippen molar-refractivity contribution < 1.29 is 0 Å². The van der Waals surface area contributed by atoms with E-state index >= 15 is 0 Å². The molecular formula is C13H16ClN3. The van der Waals surface area contributed by atoms with Crippen LogP contribution in [0.3, 0.4) is 0 Å². The Bertz CT molecular complexity index is 517. The molecule has 1 aromatic carbocycles. The Balaban J connectivity index is 2.26. The highest BCUT2D eigenvalue weighted by molar-refractivity contribution is 6.31. The Hall–Kier alpha value is -1.48. The molecule has 0 fully saturated rings. The van der Waals surface area contributed by atoms with Crippen molar-refractivity contribution in [3.8, 4) is 0 Å². The van der Waals surface area contributed by atoms with E-state index in [1.807, 2.05) is 38.2 Å². The lowest BCUT2D eigenvalue weighted by atomic mass is 10.2. The third-order valence-corrected chi connectivity index (χ3v) is 3.17. The normalized spacial score (nSPS) is 10.6. The zero-order chi connectivity index (χ0) is 12.4. The highest BCUT2D eigenvalue weighted by Gasteiger charge is 2.05. The zero-order valence-electron chi connectivity index (χ0n) is 10.3. The minimum absolute atomic E-state index is 0.762. The van der Waals surface area contributed by atoms with Gasteiger partial charge in [0.25, 0.3) is 0 Å². The second-order valence-corrected chi connectivity index (χ2v) is 4.68. The average molecular weight is 250 g/mol. The number of hydrogen-bond donors (Lipinski definition) is 0. The fraction of sp³-hybridized carbons (Fsp3) is 0.308. The lowest BCUT2D eigenvalue weighted by Gasteiger charge is -2.14. The van der Waals surface area contributed by atoms with Gasteiger partial charge in [-0.05, 0) is 24.6 Å². The molecule has 1 heterocycles. The smallest absolute Gasteiger partial charge is 0.105 e. The van der Waals surface area contributed by atoms with E-state index in [1.54, 1.807) is 6.20 Å². The number of aromatic nitrogens is 2. The second-order valence-electron chi connectivity index (χ2n) is 4.27. The number of rotatable bonds is 3. The predicted molar refractivity (Wildman–Crippen MR) is 71.8 cm³/mol. The van der Waals surface area contributed by atoms with Crippen molar-refractivity contribution in [1.29, 1.82) is 0 Å². The van der Waals surface area contributed by atoms with Crippen LogP contribution < -0.4 is 4.90 Å². The minimum atomic E-state index is 0.762. The van der Waals surface area contributed by atoms with E-state index in [0.717, 1.165) is 28.6 Å². The fourth-order valence-electron chi connectivity index (χ4n) is 1.70. The highest BCUT2D eigenvalue weighted by atomic mass is 35.5. The van der Waals surface area contributed by atoms with Gasteiger partial charge in [-0.3, -0.25) is 0 Å². The standard InChI is InChI=1S/C13H16ClN3/c1-10-15-6-7-17(10)9-11-4-5-12(16(2)3)8-13(11)14/h4-8H,9H2,1-3H3. The van der Waals surface area contributed by atoms with Crippen LogP contribution in [0.15, 0.2) is 30.6 Å². The number of benzene rings is 1. The van der Waals surface area contributed by atoms with Gasteiger partial charge in [-0.15, -0.1) is 0 Å². The van der Waals surface area contributed by atoms with Crippen LogP contribution in [0.5, 0.6) is 0 Å². The fourth-order valence-corrected chi connectivity index (χ4v) is 1.93. The predicted octanol–water partition coefficient (Wildman–Crippen LogP) is 2.96. The van der Waals surface area contributed by atoms with Crippen molar-refractivity contribution in [3.05, 3.63) is 47.0 Å². The van der Waals surface area contributed by atoms with Gasteiger partial charge in [0.15, 0.2) is 0 Å². The van der Waals surface area contributed by atoms with Crippen LogP contribution in [0, 0.1) is 6.92 Å². The Morgan fingerprint density at radius 1 is 1.35 bits per heavy atom. The number of anilines is 1. The van der Waals surface area contributed by atoms with Gasteiger partial charge < -0.3 is 9.47 Å². The summed E-state index contributed by atoms with van der Waals surface area (Å²) in [7, 11) is 4.01. The summed E-state index contributed by atoms with van der Waals surface area (Å²) >= 11 is 6.28. The molecule has 90 valence electrons. The van der Waals surface area contributed by atoms with Gasteiger partial charge in [0, 0.05) is 37.2 Å². The van der Waals surface area contributed by atoms with Gasteiger partial charge in [0.05, 0.1) is 6.54 Å². The van der Waals surface area contributed by atoms with Crippen molar-refractivity contribution in [2.24, 2.45) is 0 Å². The van der Waals surface area contributed by atoms with Gasteiger partial charge in [0.2, 0.25) is 0 Å². The number of aryl methyl sites for hydroxylation is 1. The Labute approximate surface area is 107 Å². The third kappa shape index (κ3) is 2.61. The molecule has 0 aliphatic heterocycles. The molecule has 0 saturated carbocycles. The van der Waals surface area contributed by atoms with Crippen molar-refractivity contribution in [2.75, 3.05) is 19.0 Å². The van der Waals surface area contributed by atoms with Gasteiger partial charge >= 0.3 is 0 Å². The summed E-state index contributed by atoms with van der Waals surface area (Å²) < 4.78 is 2.08. The molecule has 4 heteroatoms. The van der Waals surface area contributed by atoms with Crippen LogP contribution in [0.2, 0.25) is 5.02 Å². The number of halogens is 1. The largest absolute Gasteiger partial charge is 0.378 e. The molecule has 0 bridgehead atoms. The maximum Gasteiger partial charge on any atom is 0.105 e. The first kappa shape index (κ1) is 12.0. The van der Waals surface area contributed by atoms with Crippen LogP contribution in [-0.4, -0.2) is 23.6 Å². The highest BCUT2D eigenvalue weighted by Crippen LogP contribution is 2.23. The molecule has 0 spiro atoms. The van der Waals surface area contributed by atoms with Crippen LogP contribution in [-0.2, 0) is 6.54 Å². The summed E-state index contributed by atoms with van der Waals surface area (Å²) in [5.74, 6) is 0.998. The number of nitrogens with zero attached hydrogens (tertiary/aromatic N) is 3. The van der Waals surface area contributed by atoms with E-state index in [2.05, 4.69) is 21.7 Å². The molecule has 1 aromatic heterocycles. The summed E-state index contributed by atoms with van der Waals surface area (Å²) in [4.78, 5) is 6.24. The topological polar surface area (TPSA) is 21.1 Å². The lowest BCUT2D eigenvalue weighted by Crippen LogP contribution is -2.09. The monoisotopic (exact) mass is 249 g/mol. The van der Waals surface area contributed by atoms with Gasteiger partial charge in [0.1, 0.15) is 5.82 Å². The first-order valence-corrected chi connectivity index (χ1v) is 5.89. The average Bonchev–Trinajstić information content (AvgIpc) is 2.67. The SMILES string of the molecule is Cc1nccn1Cc1ccc(N(C)C)cc1Cl. The van der Waals surface area contributed by atoms with Crippen LogP contribution >= 0.6 is 11.6 Å². The molecule has 0 radical (unpaired) electrons. The van der Waals surface area contributed by atoms with Crippen molar-refractivity contribution >= 4 is 17.3 Å².